The Bertz CT molecular complexity index is 894. The van der Waals surface area contributed by atoms with Crippen LogP contribution in [-0.4, -0.2) is 15.5 Å². The molecule has 0 bridgehead atoms. The zero-order chi connectivity index (χ0) is 17.5. The number of fused-ring (bicyclic) bond motifs is 1. The number of benzene rings is 2. The lowest BCUT2D eigenvalue weighted by Crippen LogP contribution is -2.32. The first-order valence-electron chi connectivity index (χ1n) is 6.78. The van der Waals surface area contributed by atoms with Gasteiger partial charge in [-0.2, -0.15) is 26.3 Å². The van der Waals surface area contributed by atoms with Gasteiger partial charge >= 0.3 is 16.5 Å². The van der Waals surface area contributed by atoms with Gasteiger partial charge < -0.3 is 8.92 Å². The number of ether oxygens (including phenoxy) is 1. The van der Waals surface area contributed by atoms with E-state index in [1.54, 1.807) is 12.1 Å². The summed E-state index contributed by atoms with van der Waals surface area (Å²) in [5, 5.41) is 0. The highest BCUT2D eigenvalue weighted by Gasteiger charge is 2.35. The molecule has 0 atom stereocenters. The molecule has 0 fully saturated rings. The molecule has 0 radical (unpaired) electrons. The van der Waals surface area contributed by atoms with Gasteiger partial charge in [0.25, 0.3) is 0 Å². The van der Waals surface area contributed by atoms with E-state index in [0.717, 1.165) is 13.2 Å². The van der Waals surface area contributed by atoms with Crippen LogP contribution < -0.4 is 13.6 Å². The molecular formula is C15H12F3NO4S. The molecule has 0 saturated heterocycles. The standard InChI is InChI=1S/C15H12F3NO4S/c1-22-13-6-5-9(7-12(13)15(16,17)18)11-4-2-3-10-8-19-24(20,21)23-14(10)11/h2-7,19H,8H2,1H3. The SMILES string of the molecule is COc1ccc(-c2cccc3c2OS(=O)(=O)NC3)cc1C(F)(F)F. The third-order valence-electron chi connectivity index (χ3n) is 3.54. The highest BCUT2D eigenvalue weighted by atomic mass is 32.2. The highest BCUT2D eigenvalue weighted by Crippen LogP contribution is 2.42. The van der Waals surface area contributed by atoms with Crippen molar-refractivity contribution in [3.8, 4) is 22.6 Å². The minimum atomic E-state index is -4.61. The summed E-state index contributed by atoms with van der Waals surface area (Å²) in [5.74, 6) is -0.291. The Labute approximate surface area is 136 Å². The van der Waals surface area contributed by atoms with Crippen LogP contribution in [-0.2, 0) is 23.0 Å². The molecule has 128 valence electrons. The molecule has 0 unspecified atom stereocenters. The number of nitrogens with one attached hydrogen (secondary N) is 1. The zero-order valence-electron chi connectivity index (χ0n) is 12.3. The average Bonchev–Trinajstić information content (AvgIpc) is 2.52. The van der Waals surface area contributed by atoms with Crippen LogP contribution >= 0.6 is 0 Å². The molecule has 0 saturated carbocycles. The van der Waals surface area contributed by atoms with Gasteiger partial charge in [0.2, 0.25) is 0 Å². The van der Waals surface area contributed by atoms with E-state index >= 15 is 0 Å². The van der Waals surface area contributed by atoms with Gasteiger partial charge in [0.05, 0.1) is 12.7 Å². The van der Waals surface area contributed by atoms with Crippen LogP contribution in [0.25, 0.3) is 11.1 Å². The first-order chi connectivity index (χ1) is 11.2. The molecule has 0 aliphatic carbocycles. The van der Waals surface area contributed by atoms with E-state index in [1.807, 2.05) is 0 Å². The van der Waals surface area contributed by atoms with Crippen molar-refractivity contribution in [2.24, 2.45) is 0 Å². The lowest BCUT2D eigenvalue weighted by molar-refractivity contribution is -0.138. The molecule has 0 spiro atoms. The van der Waals surface area contributed by atoms with Crippen molar-refractivity contribution in [1.82, 2.24) is 4.72 Å². The summed E-state index contributed by atoms with van der Waals surface area (Å²) in [7, 11) is -2.83. The second kappa shape index (κ2) is 5.67. The van der Waals surface area contributed by atoms with E-state index in [2.05, 4.69) is 4.72 Å². The number of hydrogen-bond acceptors (Lipinski definition) is 4. The first kappa shape index (κ1) is 16.6. The maximum absolute atomic E-state index is 13.2. The number of rotatable bonds is 2. The van der Waals surface area contributed by atoms with Crippen LogP contribution in [0, 0.1) is 0 Å². The van der Waals surface area contributed by atoms with Crippen LogP contribution in [0.5, 0.6) is 11.5 Å². The van der Waals surface area contributed by atoms with Crippen molar-refractivity contribution in [3.05, 3.63) is 47.5 Å². The number of alkyl halides is 3. The minimum Gasteiger partial charge on any atom is -0.496 e. The fourth-order valence-corrected chi connectivity index (χ4v) is 3.26. The van der Waals surface area contributed by atoms with Crippen LogP contribution in [0.15, 0.2) is 36.4 Å². The topological polar surface area (TPSA) is 64.6 Å². The van der Waals surface area contributed by atoms with Crippen molar-refractivity contribution >= 4 is 10.3 Å². The Morgan fingerprint density at radius 2 is 1.96 bits per heavy atom. The van der Waals surface area contributed by atoms with Crippen molar-refractivity contribution in [2.45, 2.75) is 12.7 Å². The van der Waals surface area contributed by atoms with Gasteiger partial charge in [-0.1, -0.05) is 24.3 Å². The van der Waals surface area contributed by atoms with Crippen LogP contribution in [0.4, 0.5) is 13.2 Å². The molecule has 0 amide bonds. The van der Waals surface area contributed by atoms with Crippen molar-refractivity contribution in [1.29, 1.82) is 0 Å². The van der Waals surface area contributed by atoms with E-state index < -0.39 is 22.0 Å². The van der Waals surface area contributed by atoms with Crippen molar-refractivity contribution in [3.63, 3.8) is 0 Å². The molecule has 3 rings (SSSR count). The second-order valence-corrected chi connectivity index (χ2v) is 6.43. The molecule has 1 N–H and O–H groups in total. The van der Waals surface area contributed by atoms with Crippen molar-refractivity contribution in [2.75, 3.05) is 7.11 Å². The Morgan fingerprint density at radius 1 is 1.21 bits per heavy atom. The molecular weight excluding hydrogens is 347 g/mol. The molecule has 2 aromatic carbocycles. The van der Waals surface area contributed by atoms with Crippen LogP contribution in [0.3, 0.4) is 0 Å². The van der Waals surface area contributed by atoms with E-state index in [-0.39, 0.29) is 29.2 Å². The predicted octanol–water partition coefficient (Wildman–Crippen LogP) is 3.11. The zero-order valence-corrected chi connectivity index (χ0v) is 13.2. The first-order valence-corrected chi connectivity index (χ1v) is 8.18. The van der Waals surface area contributed by atoms with Gasteiger partial charge in [0, 0.05) is 17.7 Å². The van der Waals surface area contributed by atoms with Gasteiger partial charge in [-0.05, 0) is 17.7 Å². The fraction of sp³-hybridized carbons (Fsp3) is 0.200. The Hall–Kier alpha value is -2.26. The Balaban J connectivity index is 2.18. The molecule has 1 aliphatic heterocycles. The number of methoxy groups -OCH3 is 1. The normalized spacial score (nSPS) is 16.2. The summed E-state index contributed by atoms with van der Waals surface area (Å²) in [6, 6.07) is 8.27. The van der Waals surface area contributed by atoms with Crippen LogP contribution in [0.1, 0.15) is 11.1 Å². The third kappa shape index (κ3) is 3.04. The second-order valence-electron chi connectivity index (χ2n) is 5.07. The summed E-state index contributed by atoms with van der Waals surface area (Å²) < 4.78 is 74.6. The predicted molar refractivity (Wildman–Crippen MR) is 79.8 cm³/mol. The maximum atomic E-state index is 13.2. The highest BCUT2D eigenvalue weighted by molar-refractivity contribution is 7.85. The van der Waals surface area contributed by atoms with Gasteiger partial charge in [0.1, 0.15) is 5.75 Å². The van der Waals surface area contributed by atoms with Gasteiger partial charge in [-0.25, -0.2) is 0 Å². The molecule has 2 aromatic rings. The third-order valence-corrected chi connectivity index (χ3v) is 4.43. The molecule has 0 aromatic heterocycles. The summed E-state index contributed by atoms with van der Waals surface area (Å²) in [4.78, 5) is 0. The number of para-hydroxylation sites is 1. The Kier molecular flexibility index (Phi) is 3.92. The molecule has 1 heterocycles. The van der Waals surface area contributed by atoms with Gasteiger partial charge in [-0.3, -0.25) is 0 Å². The molecule has 5 nitrogen and oxygen atoms in total. The molecule has 9 heteroatoms. The quantitative estimate of drug-likeness (QED) is 0.895. The minimum absolute atomic E-state index is 0.00773. The lowest BCUT2D eigenvalue weighted by atomic mass is 9.99. The van der Waals surface area contributed by atoms with E-state index in [1.165, 1.54) is 18.2 Å². The molecule has 1 aliphatic rings. The van der Waals surface area contributed by atoms with E-state index in [4.69, 9.17) is 8.92 Å². The van der Waals surface area contributed by atoms with Gasteiger partial charge in [-0.15, -0.1) is 0 Å². The average molecular weight is 359 g/mol. The molecule has 24 heavy (non-hydrogen) atoms. The summed E-state index contributed by atoms with van der Waals surface area (Å²) in [6.45, 7) is 0.00773. The summed E-state index contributed by atoms with van der Waals surface area (Å²) in [6.07, 6.45) is -4.61. The fourth-order valence-electron chi connectivity index (χ4n) is 2.45. The van der Waals surface area contributed by atoms with Gasteiger partial charge in [0.15, 0.2) is 5.75 Å². The summed E-state index contributed by atoms with van der Waals surface area (Å²) >= 11 is 0. The maximum Gasteiger partial charge on any atom is 0.419 e. The summed E-state index contributed by atoms with van der Waals surface area (Å²) in [5.41, 5.74) is 0.0198. The van der Waals surface area contributed by atoms with E-state index in [0.29, 0.717) is 5.56 Å². The number of hydrogen-bond donors (Lipinski definition) is 1. The largest absolute Gasteiger partial charge is 0.496 e. The van der Waals surface area contributed by atoms with Crippen LogP contribution in [0.2, 0.25) is 0 Å². The van der Waals surface area contributed by atoms with Crippen molar-refractivity contribution < 1.29 is 30.5 Å². The smallest absolute Gasteiger partial charge is 0.419 e. The van der Waals surface area contributed by atoms with E-state index in [9.17, 15) is 21.6 Å². The Morgan fingerprint density at radius 3 is 2.62 bits per heavy atom. The monoisotopic (exact) mass is 359 g/mol. The lowest BCUT2D eigenvalue weighted by Gasteiger charge is -2.21. The number of halogens is 3.